The number of hydrogen-bond donors (Lipinski definition) is 1. The van der Waals surface area contributed by atoms with Crippen molar-refractivity contribution in [3.63, 3.8) is 0 Å². The quantitative estimate of drug-likeness (QED) is 0.813. The van der Waals surface area contributed by atoms with Gasteiger partial charge in [-0.15, -0.1) is 11.3 Å². The number of amides is 1. The second-order valence-electron chi connectivity index (χ2n) is 4.94. The van der Waals surface area contributed by atoms with E-state index < -0.39 is 0 Å². The molecule has 1 aromatic heterocycles. The fourth-order valence-electron chi connectivity index (χ4n) is 2.19. The SMILES string of the molecule is Cc1ccsc1C(=O)N1CCC(N)C1(C)C. The Morgan fingerprint density at radius 1 is 1.62 bits per heavy atom. The van der Waals surface area contributed by atoms with Crippen molar-refractivity contribution in [2.45, 2.75) is 38.8 Å². The van der Waals surface area contributed by atoms with Crippen LogP contribution in [0.2, 0.25) is 0 Å². The lowest BCUT2D eigenvalue weighted by atomic mass is 9.96. The smallest absolute Gasteiger partial charge is 0.264 e. The first-order chi connectivity index (χ1) is 7.44. The Balaban J connectivity index is 2.27. The number of nitrogens with zero attached hydrogens (tertiary/aromatic N) is 1. The summed E-state index contributed by atoms with van der Waals surface area (Å²) in [5.41, 5.74) is 6.87. The third-order valence-electron chi connectivity index (χ3n) is 3.57. The Kier molecular flexibility index (Phi) is 2.80. The molecule has 0 aromatic carbocycles. The number of carbonyl (C=O) groups is 1. The molecule has 0 bridgehead atoms. The average Bonchev–Trinajstić information content (AvgIpc) is 2.73. The van der Waals surface area contributed by atoms with Gasteiger partial charge in [0, 0.05) is 12.6 Å². The van der Waals surface area contributed by atoms with Crippen LogP contribution in [-0.4, -0.2) is 28.9 Å². The molecule has 1 aliphatic heterocycles. The summed E-state index contributed by atoms with van der Waals surface area (Å²) in [6, 6.07) is 2.07. The standard InChI is InChI=1S/C12H18N2OS/c1-8-5-7-16-10(8)11(15)14-6-4-9(13)12(14,2)3/h5,7,9H,4,6,13H2,1-3H3. The lowest BCUT2D eigenvalue weighted by Gasteiger charge is -2.34. The van der Waals surface area contributed by atoms with E-state index in [0.717, 1.165) is 23.4 Å². The summed E-state index contributed by atoms with van der Waals surface area (Å²) in [6.07, 6.45) is 0.892. The zero-order chi connectivity index (χ0) is 11.9. The van der Waals surface area contributed by atoms with Crippen molar-refractivity contribution in [1.82, 2.24) is 4.90 Å². The number of rotatable bonds is 1. The predicted octanol–water partition coefficient (Wildman–Crippen LogP) is 2.01. The van der Waals surface area contributed by atoms with Gasteiger partial charge in [-0.3, -0.25) is 4.79 Å². The number of nitrogens with two attached hydrogens (primary N) is 1. The molecule has 16 heavy (non-hydrogen) atoms. The summed E-state index contributed by atoms with van der Waals surface area (Å²) in [6.45, 7) is 6.84. The van der Waals surface area contributed by atoms with Gasteiger partial charge in [0.2, 0.25) is 0 Å². The fraction of sp³-hybridized carbons (Fsp3) is 0.583. The van der Waals surface area contributed by atoms with Crippen molar-refractivity contribution in [2.75, 3.05) is 6.54 Å². The number of hydrogen-bond acceptors (Lipinski definition) is 3. The fourth-order valence-corrected chi connectivity index (χ4v) is 3.06. The van der Waals surface area contributed by atoms with Crippen LogP contribution in [0, 0.1) is 6.92 Å². The van der Waals surface area contributed by atoms with Crippen LogP contribution < -0.4 is 5.73 Å². The molecule has 2 heterocycles. The van der Waals surface area contributed by atoms with E-state index in [-0.39, 0.29) is 17.5 Å². The Morgan fingerprint density at radius 2 is 2.31 bits per heavy atom. The molecule has 2 rings (SSSR count). The summed E-state index contributed by atoms with van der Waals surface area (Å²) in [5, 5.41) is 1.96. The van der Waals surface area contributed by atoms with Crippen LogP contribution in [0.15, 0.2) is 11.4 Å². The molecule has 0 saturated carbocycles. The van der Waals surface area contributed by atoms with Crippen molar-refractivity contribution in [3.05, 3.63) is 21.9 Å². The first-order valence-electron chi connectivity index (χ1n) is 5.56. The van der Waals surface area contributed by atoms with Crippen LogP contribution >= 0.6 is 11.3 Å². The number of thiophene rings is 1. The summed E-state index contributed by atoms with van der Waals surface area (Å²) in [4.78, 5) is 15.1. The highest BCUT2D eigenvalue weighted by Gasteiger charge is 2.42. The van der Waals surface area contributed by atoms with E-state index in [1.807, 2.05) is 37.1 Å². The third-order valence-corrected chi connectivity index (χ3v) is 4.57. The highest BCUT2D eigenvalue weighted by molar-refractivity contribution is 7.12. The molecule has 1 amide bonds. The minimum Gasteiger partial charge on any atom is -0.331 e. The molecule has 3 nitrogen and oxygen atoms in total. The van der Waals surface area contributed by atoms with Crippen molar-refractivity contribution in [2.24, 2.45) is 5.73 Å². The molecule has 0 aliphatic carbocycles. The topological polar surface area (TPSA) is 46.3 Å². The van der Waals surface area contributed by atoms with E-state index >= 15 is 0 Å². The molecule has 0 radical (unpaired) electrons. The Morgan fingerprint density at radius 3 is 2.75 bits per heavy atom. The Bertz CT molecular complexity index is 411. The van der Waals surface area contributed by atoms with Gasteiger partial charge in [0.1, 0.15) is 0 Å². The van der Waals surface area contributed by atoms with E-state index in [0.29, 0.717) is 0 Å². The zero-order valence-corrected chi connectivity index (χ0v) is 10.8. The monoisotopic (exact) mass is 238 g/mol. The van der Waals surface area contributed by atoms with E-state index in [9.17, 15) is 4.79 Å². The molecule has 4 heteroatoms. The zero-order valence-electron chi connectivity index (χ0n) is 9.99. The minimum absolute atomic E-state index is 0.0803. The first-order valence-corrected chi connectivity index (χ1v) is 6.44. The normalized spacial score (nSPS) is 23.8. The molecule has 1 atom stereocenters. The maximum atomic E-state index is 12.4. The average molecular weight is 238 g/mol. The molecule has 1 aliphatic rings. The highest BCUT2D eigenvalue weighted by Crippen LogP contribution is 2.30. The number of likely N-dealkylation sites (tertiary alicyclic amines) is 1. The van der Waals surface area contributed by atoms with Crippen molar-refractivity contribution in [1.29, 1.82) is 0 Å². The van der Waals surface area contributed by atoms with Gasteiger partial charge in [0.05, 0.1) is 10.4 Å². The minimum atomic E-state index is -0.229. The summed E-state index contributed by atoms with van der Waals surface area (Å²) < 4.78 is 0. The van der Waals surface area contributed by atoms with Crippen molar-refractivity contribution in [3.8, 4) is 0 Å². The van der Waals surface area contributed by atoms with Gasteiger partial charge in [-0.1, -0.05) is 0 Å². The van der Waals surface area contributed by atoms with Gasteiger partial charge in [-0.25, -0.2) is 0 Å². The molecule has 2 N–H and O–H groups in total. The van der Waals surface area contributed by atoms with Crippen LogP contribution in [-0.2, 0) is 0 Å². The van der Waals surface area contributed by atoms with E-state index in [1.54, 1.807) is 0 Å². The predicted molar refractivity (Wildman–Crippen MR) is 66.8 cm³/mol. The molecular formula is C12H18N2OS. The second-order valence-corrected chi connectivity index (χ2v) is 5.85. The summed E-state index contributed by atoms with van der Waals surface area (Å²) in [5.74, 6) is 0.130. The van der Waals surface area contributed by atoms with Gasteiger partial charge in [0.15, 0.2) is 0 Å². The second kappa shape index (κ2) is 3.86. The molecule has 88 valence electrons. The summed E-state index contributed by atoms with van der Waals surface area (Å²) >= 11 is 1.51. The molecule has 0 spiro atoms. The molecule has 1 aromatic rings. The maximum absolute atomic E-state index is 12.4. The van der Waals surface area contributed by atoms with Gasteiger partial charge in [-0.05, 0) is 44.2 Å². The Hall–Kier alpha value is -0.870. The van der Waals surface area contributed by atoms with Crippen LogP contribution in [0.5, 0.6) is 0 Å². The Labute approximate surface area is 100 Å². The lowest BCUT2D eigenvalue weighted by Crippen LogP contribution is -2.51. The van der Waals surface area contributed by atoms with Gasteiger partial charge in [0.25, 0.3) is 5.91 Å². The van der Waals surface area contributed by atoms with Crippen LogP contribution in [0.1, 0.15) is 35.5 Å². The largest absolute Gasteiger partial charge is 0.331 e. The molecule has 1 saturated heterocycles. The van der Waals surface area contributed by atoms with E-state index in [2.05, 4.69) is 0 Å². The summed E-state index contributed by atoms with van der Waals surface area (Å²) in [7, 11) is 0. The van der Waals surface area contributed by atoms with Crippen LogP contribution in [0.4, 0.5) is 0 Å². The van der Waals surface area contributed by atoms with Gasteiger partial charge < -0.3 is 10.6 Å². The lowest BCUT2D eigenvalue weighted by molar-refractivity contribution is 0.0641. The van der Waals surface area contributed by atoms with Crippen molar-refractivity contribution < 1.29 is 4.79 Å². The maximum Gasteiger partial charge on any atom is 0.264 e. The van der Waals surface area contributed by atoms with Crippen LogP contribution in [0.25, 0.3) is 0 Å². The van der Waals surface area contributed by atoms with Crippen LogP contribution in [0.3, 0.4) is 0 Å². The van der Waals surface area contributed by atoms with Crippen molar-refractivity contribution >= 4 is 17.2 Å². The highest BCUT2D eigenvalue weighted by atomic mass is 32.1. The molecule has 1 unspecified atom stereocenters. The molecular weight excluding hydrogens is 220 g/mol. The van der Waals surface area contributed by atoms with Gasteiger partial charge >= 0.3 is 0 Å². The first kappa shape index (κ1) is 11.6. The van der Waals surface area contributed by atoms with E-state index in [4.69, 9.17) is 5.73 Å². The number of aryl methyl sites for hydroxylation is 1. The van der Waals surface area contributed by atoms with E-state index in [1.165, 1.54) is 11.3 Å². The number of carbonyl (C=O) groups excluding carboxylic acids is 1. The molecule has 1 fully saturated rings. The third kappa shape index (κ3) is 1.66. The van der Waals surface area contributed by atoms with Gasteiger partial charge in [-0.2, -0.15) is 0 Å².